The lowest BCUT2D eigenvalue weighted by molar-refractivity contribution is 0.0548. The summed E-state index contributed by atoms with van der Waals surface area (Å²) in [5.41, 5.74) is 0. The fourth-order valence-electron chi connectivity index (χ4n) is 0.797. The maximum Gasteiger partial charge on any atom is 0.281 e. The van der Waals surface area contributed by atoms with E-state index in [-0.39, 0.29) is 6.10 Å². The number of hydrogen-bond donors (Lipinski definition) is 1. The Balaban J connectivity index is 2.06. The molecule has 44 valence electrons. The van der Waals surface area contributed by atoms with Gasteiger partial charge in [0.05, 0.1) is 12.3 Å². The van der Waals surface area contributed by atoms with Crippen LogP contribution in [0.25, 0.3) is 0 Å². The van der Waals surface area contributed by atoms with Gasteiger partial charge in [0, 0.05) is 13.1 Å². The van der Waals surface area contributed by atoms with Gasteiger partial charge >= 0.3 is 0 Å². The zero-order chi connectivity index (χ0) is 5.98. The number of aliphatic hydroxyl groups is 1. The molecule has 8 heavy (non-hydrogen) atoms. The molecule has 1 fully saturated rings. The Labute approximate surface area is 48.6 Å². The summed E-state index contributed by atoms with van der Waals surface area (Å²) in [6.07, 6.45) is 0.668. The molecule has 3 nitrogen and oxygen atoms in total. The first kappa shape index (κ1) is 5.79. The molecule has 0 saturated carbocycles. The van der Waals surface area contributed by atoms with Gasteiger partial charge in [-0.15, -0.1) is 0 Å². The van der Waals surface area contributed by atoms with Crippen LogP contribution in [-0.4, -0.2) is 42.7 Å². The van der Waals surface area contributed by atoms with Crippen molar-refractivity contribution in [2.24, 2.45) is 0 Å². The van der Waals surface area contributed by atoms with Crippen LogP contribution in [0.2, 0.25) is 0 Å². The average molecular weight is 113 g/mol. The van der Waals surface area contributed by atoms with Gasteiger partial charge in [0.1, 0.15) is 0 Å². The summed E-state index contributed by atoms with van der Waals surface area (Å²) in [5, 5.41) is 8.69. The Bertz CT molecular complexity index is 92.0. The summed E-state index contributed by atoms with van der Waals surface area (Å²) < 4.78 is 0. The maximum atomic E-state index is 9.79. The predicted molar refractivity (Wildman–Crippen MR) is 31.5 cm³/mol. The van der Waals surface area contributed by atoms with Crippen LogP contribution in [0.3, 0.4) is 0 Å². The van der Waals surface area contributed by atoms with E-state index in [0.717, 1.165) is 6.19 Å². The molecule has 0 radical (unpaired) electrons. The maximum absolute atomic E-state index is 9.79. The lowest BCUT2D eigenvalue weighted by Gasteiger charge is -2.34. The Morgan fingerprint density at radius 3 is 2.75 bits per heavy atom. The lowest BCUT2D eigenvalue weighted by Crippen LogP contribution is -2.52. The minimum atomic E-state index is -0.185. The Hall–Kier alpha value is -0.345. The van der Waals surface area contributed by atoms with E-state index in [4.69, 9.17) is 5.11 Å². The van der Waals surface area contributed by atoms with Crippen LogP contribution >= 0.6 is 0 Å². The first-order valence-electron chi connectivity index (χ1n) is 2.67. The van der Waals surface area contributed by atoms with Crippen molar-refractivity contribution in [3.8, 4) is 0 Å². The Morgan fingerprint density at radius 2 is 2.38 bits per heavy atom. The van der Waals surface area contributed by atoms with Crippen LogP contribution in [0.5, 0.6) is 0 Å². The summed E-state index contributed by atoms with van der Waals surface area (Å²) in [6, 6.07) is 0. The molecule has 0 atom stereocenters. The number of carbonyl (C=O) groups is 1. The van der Waals surface area contributed by atoms with Crippen molar-refractivity contribution in [2.75, 3.05) is 13.1 Å². The highest BCUT2D eigenvalue weighted by Crippen LogP contribution is 2.02. The highest BCUT2D eigenvalue weighted by atomic mass is 16.3. The van der Waals surface area contributed by atoms with Crippen LogP contribution in [0.1, 0.15) is 0 Å². The van der Waals surface area contributed by atoms with E-state index in [1.54, 1.807) is 0 Å². The van der Waals surface area contributed by atoms with Crippen molar-refractivity contribution in [3.63, 3.8) is 0 Å². The monoisotopic (exact) mass is 113 g/mol. The normalized spacial score (nSPS) is 22.1. The van der Waals surface area contributed by atoms with E-state index in [1.807, 2.05) is 4.81 Å². The number of rotatable bonds is 2. The van der Waals surface area contributed by atoms with E-state index in [0.29, 0.717) is 20.5 Å². The number of β-amino-alcohol motifs (C(OH)–C–C–N with tert-alkyl or cyclic N) is 1. The van der Waals surface area contributed by atoms with Crippen LogP contribution in [0.4, 0.5) is 0 Å². The topological polar surface area (TPSA) is 40.5 Å². The molecule has 0 aliphatic carbocycles. The van der Waals surface area contributed by atoms with Gasteiger partial charge in [-0.2, -0.15) is 0 Å². The number of hydrogen-bond acceptors (Lipinski definition) is 3. The first-order valence-corrected chi connectivity index (χ1v) is 2.67. The molecular formula is C4H8BNO2. The second-order valence-electron chi connectivity index (χ2n) is 2.04. The summed E-state index contributed by atoms with van der Waals surface area (Å²) in [4.78, 5) is 11.7. The van der Waals surface area contributed by atoms with Crippen molar-refractivity contribution in [2.45, 2.75) is 6.10 Å². The molecule has 1 heterocycles. The second-order valence-corrected chi connectivity index (χ2v) is 2.04. The minimum Gasteiger partial charge on any atom is -0.391 e. The number of carbonyl (C=O) groups excluding carboxylic acids is 1. The van der Waals surface area contributed by atoms with E-state index < -0.39 is 0 Å². The van der Waals surface area contributed by atoms with E-state index in [2.05, 4.69) is 0 Å². The largest absolute Gasteiger partial charge is 0.391 e. The molecule has 0 aromatic heterocycles. The van der Waals surface area contributed by atoms with Gasteiger partial charge in [0.2, 0.25) is 0 Å². The van der Waals surface area contributed by atoms with Crippen molar-refractivity contribution in [3.05, 3.63) is 0 Å². The quantitative estimate of drug-likeness (QED) is 0.339. The molecule has 0 aromatic carbocycles. The molecule has 1 rings (SSSR count). The predicted octanol–water partition coefficient (Wildman–Crippen LogP) is -1.80. The number of nitrogens with zero attached hydrogens (tertiary/aromatic N) is 1. The fraction of sp³-hybridized carbons (Fsp3) is 0.750. The molecule has 0 bridgehead atoms. The smallest absolute Gasteiger partial charge is 0.281 e. The zero-order valence-corrected chi connectivity index (χ0v) is 4.58. The molecule has 0 spiro atoms. The van der Waals surface area contributed by atoms with E-state index in [1.165, 1.54) is 0 Å². The van der Waals surface area contributed by atoms with Crippen LogP contribution in [-0.2, 0) is 4.79 Å². The van der Waals surface area contributed by atoms with Gasteiger partial charge in [-0.05, 0) is 0 Å². The van der Waals surface area contributed by atoms with Crippen molar-refractivity contribution in [1.29, 1.82) is 0 Å². The second kappa shape index (κ2) is 2.28. The summed E-state index contributed by atoms with van der Waals surface area (Å²) >= 11 is 0. The zero-order valence-electron chi connectivity index (χ0n) is 4.58. The highest BCUT2D eigenvalue weighted by molar-refractivity contribution is 6.64. The minimum absolute atomic E-state index is 0.185. The van der Waals surface area contributed by atoms with Gasteiger partial charge in [-0.1, -0.05) is 0 Å². The third-order valence-electron chi connectivity index (χ3n) is 1.27. The van der Waals surface area contributed by atoms with Gasteiger partial charge in [0.15, 0.2) is 0 Å². The summed E-state index contributed by atoms with van der Waals surface area (Å²) in [6.45, 7) is 1.33. The number of aliphatic hydroxyl groups excluding tert-OH is 1. The molecule has 4 heteroatoms. The molecular weight excluding hydrogens is 105 g/mol. The van der Waals surface area contributed by atoms with Gasteiger partial charge < -0.3 is 14.7 Å². The van der Waals surface area contributed by atoms with E-state index >= 15 is 0 Å². The van der Waals surface area contributed by atoms with E-state index in [9.17, 15) is 4.79 Å². The summed E-state index contributed by atoms with van der Waals surface area (Å²) in [5.74, 6) is 0. The molecule has 0 unspecified atom stereocenters. The molecule has 0 amide bonds. The van der Waals surface area contributed by atoms with Crippen LogP contribution < -0.4 is 0 Å². The van der Waals surface area contributed by atoms with Crippen molar-refractivity contribution >= 4 is 13.6 Å². The highest BCUT2D eigenvalue weighted by Gasteiger charge is 2.23. The van der Waals surface area contributed by atoms with Crippen molar-refractivity contribution in [1.82, 2.24) is 4.81 Å². The Kier molecular flexibility index (Phi) is 1.65. The molecule has 0 aromatic rings. The van der Waals surface area contributed by atoms with Gasteiger partial charge in [-0.3, -0.25) is 0 Å². The Morgan fingerprint density at radius 1 is 1.75 bits per heavy atom. The van der Waals surface area contributed by atoms with Gasteiger partial charge in [0.25, 0.3) is 7.41 Å². The standard InChI is InChI=1S/C4H8BNO2/c7-3-5-6-1-4(8)2-6/h3-5,8H,1-2H2. The average Bonchev–Trinajstić information content (AvgIpc) is 1.64. The van der Waals surface area contributed by atoms with Crippen molar-refractivity contribution < 1.29 is 9.90 Å². The van der Waals surface area contributed by atoms with Gasteiger partial charge in [-0.25, -0.2) is 0 Å². The third-order valence-corrected chi connectivity index (χ3v) is 1.27. The van der Waals surface area contributed by atoms with Crippen LogP contribution in [0, 0.1) is 0 Å². The van der Waals surface area contributed by atoms with Crippen LogP contribution in [0.15, 0.2) is 0 Å². The molecule has 1 aliphatic rings. The lowest BCUT2D eigenvalue weighted by atomic mass is 9.89. The third kappa shape index (κ3) is 1.08. The first-order chi connectivity index (χ1) is 3.83. The molecule has 1 aliphatic heterocycles. The SMILES string of the molecule is O=CBN1CC(O)C1. The molecule has 1 saturated heterocycles. The fourth-order valence-corrected chi connectivity index (χ4v) is 0.797. The summed E-state index contributed by atoms with van der Waals surface area (Å²) in [7, 11) is 0.469. The molecule has 1 N–H and O–H groups in total.